The zero-order chi connectivity index (χ0) is 17.2. The van der Waals surface area contributed by atoms with Crippen LogP contribution >= 0.6 is 0 Å². The highest BCUT2D eigenvalue weighted by Gasteiger charge is 2.32. The second kappa shape index (κ2) is 7.00. The molecule has 4 rings (SSSR count). The van der Waals surface area contributed by atoms with Crippen molar-refractivity contribution in [3.63, 3.8) is 0 Å². The fraction of sp³-hybridized carbons (Fsp3) is 0.500. The summed E-state index contributed by atoms with van der Waals surface area (Å²) in [6.45, 7) is 4.08. The molecule has 0 unspecified atom stereocenters. The van der Waals surface area contributed by atoms with Crippen molar-refractivity contribution in [1.82, 2.24) is 19.4 Å². The number of pyridine rings is 1. The van der Waals surface area contributed by atoms with Crippen molar-refractivity contribution in [2.75, 3.05) is 19.6 Å². The first-order valence-electron chi connectivity index (χ1n) is 9.33. The molecule has 2 aromatic heterocycles. The van der Waals surface area contributed by atoms with Crippen LogP contribution in [0.5, 0.6) is 0 Å². The van der Waals surface area contributed by atoms with E-state index in [0.29, 0.717) is 0 Å². The highest BCUT2D eigenvalue weighted by Crippen LogP contribution is 2.32. The van der Waals surface area contributed by atoms with Crippen molar-refractivity contribution in [2.24, 2.45) is 7.05 Å². The van der Waals surface area contributed by atoms with Crippen LogP contribution in [0, 0.1) is 0 Å². The Morgan fingerprint density at radius 2 is 1.96 bits per heavy atom. The lowest BCUT2D eigenvalue weighted by Gasteiger charge is -2.25. The maximum atomic E-state index is 12.9. The molecule has 0 N–H and O–H groups in total. The summed E-state index contributed by atoms with van der Waals surface area (Å²) < 4.78 is 1.90. The number of rotatable bonds is 4. The summed E-state index contributed by atoms with van der Waals surface area (Å²) in [5, 5.41) is 0. The molecule has 2 aliphatic heterocycles. The smallest absolute Gasteiger partial charge is 0.271 e. The molecule has 25 heavy (non-hydrogen) atoms. The van der Waals surface area contributed by atoms with E-state index < -0.39 is 0 Å². The summed E-state index contributed by atoms with van der Waals surface area (Å²) in [6, 6.07) is 10.2. The lowest BCUT2D eigenvalue weighted by atomic mass is 10.1. The molecule has 0 bridgehead atoms. The number of carbonyl (C=O) groups is 1. The number of aryl methyl sites for hydroxylation is 1. The van der Waals surface area contributed by atoms with Crippen LogP contribution in [-0.4, -0.2) is 44.9 Å². The Morgan fingerprint density at radius 3 is 2.72 bits per heavy atom. The van der Waals surface area contributed by atoms with Crippen molar-refractivity contribution in [1.29, 1.82) is 0 Å². The van der Waals surface area contributed by atoms with Gasteiger partial charge in [-0.05, 0) is 63.0 Å². The minimum atomic E-state index is 0.0981. The monoisotopic (exact) mass is 338 g/mol. The molecule has 2 aromatic rings. The highest BCUT2D eigenvalue weighted by molar-refractivity contribution is 5.93. The molecular weight excluding hydrogens is 312 g/mol. The molecule has 1 amide bonds. The first-order chi connectivity index (χ1) is 12.2. The topological polar surface area (TPSA) is 41.4 Å². The molecule has 5 heteroatoms. The lowest BCUT2D eigenvalue weighted by molar-refractivity contribution is 0.0723. The van der Waals surface area contributed by atoms with Crippen LogP contribution in [0.1, 0.15) is 53.6 Å². The number of carbonyl (C=O) groups excluding carboxylic acids is 1. The fourth-order valence-corrected chi connectivity index (χ4v) is 4.09. The fourth-order valence-electron chi connectivity index (χ4n) is 4.09. The lowest BCUT2D eigenvalue weighted by Crippen LogP contribution is -2.32. The molecule has 132 valence electrons. The van der Waals surface area contributed by atoms with Gasteiger partial charge in [-0.1, -0.05) is 6.07 Å². The molecule has 2 fully saturated rings. The first-order valence-corrected chi connectivity index (χ1v) is 9.33. The van der Waals surface area contributed by atoms with E-state index in [-0.39, 0.29) is 11.9 Å². The van der Waals surface area contributed by atoms with Gasteiger partial charge in [0.2, 0.25) is 0 Å². The second-order valence-corrected chi connectivity index (χ2v) is 7.20. The average molecular weight is 338 g/mol. The summed E-state index contributed by atoms with van der Waals surface area (Å²) >= 11 is 0. The van der Waals surface area contributed by atoms with Crippen molar-refractivity contribution in [3.8, 4) is 0 Å². The van der Waals surface area contributed by atoms with Crippen LogP contribution in [0.4, 0.5) is 0 Å². The predicted molar refractivity (Wildman–Crippen MR) is 97.2 cm³/mol. The Balaban J connectivity index is 1.53. The van der Waals surface area contributed by atoms with E-state index >= 15 is 0 Å². The first kappa shape index (κ1) is 16.3. The van der Waals surface area contributed by atoms with Crippen molar-refractivity contribution >= 4 is 5.91 Å². The van der Waals surface area contributed by atoms with E-state index in [2.05, 4.69) is 23.1 Å². The number of hydrogen-bond donors (Lipinski definition) is 0. The second-order valence-electron chi connectivity index (χ2n) is 7.20. The normalized spacial score (nSPS) is 21.2. The summed E-state index contributed by atoms with van der Waals surface area (Å²) in [4.78, 5) is 22.3. The van der Waals surface area contributed by atoms with Crippen LogP contribution in [0.25, 0.3) is 0 Å². The van der Waals surface area contributed by atoms with Gasteiger partial charge in [-0.2, -0.15) is 0 Å². The Bertz CT molecular complexity index is 748. The van der Waals surface area contributed by atoms with Gasteiger partial charge in [0.05, 0.1) is 17.4 Å². The van der Waals surface area contributed by atoms with Gasteiger partial charge in [-0.25, -0.2) is 0 Å². The Hall–Kier alpha value is -2.14. The van der Waals surface area contributed by atoms with Crippen molar-refractivity contribution in [2.45, 2.75) is 38.3 Å². The molecule has 4 heterocycles. The third kappa shape index (κ3) is 3.33. The minimum Gasteiger partial charge on any atom is -0.347 e. The Labute approximate surface area is 149 Å². The maximum absolute atomic E-state index is 12.9. The van der Waals surface area contributed by atoms with Gasteiger partial charge >= 0.3 is 0 Å². The summed E-state index contributed by atoms with van der Waals surface area (Å²) in [5.74, 6) is 0.113. The van der Waals surface area contributed by atoms with Crippen molar-refractivity contribution in [3.05, 3.63) is 53.6 Å². The van der Waals surface area contributed by atoms with E-state index in [0.717, 1.165) is 43.0 Å². The predicted octanol–water partition coefficient (Wildman–Crippen LogP) is 2.99. The van der Waals surface area contributed by atoms with Gasteiger partial charge < -0.3 is 9.47 Å². The molecule has 2 saturated heterocycles. The molecule has 5 nitrogen and oxygen atoms in total. The molecule has 0 radical (unpaired) electrons. The van der Waals surface area contributed by atoms with Crippen LogP contribution in [0.2, 0.25) is 0 Å². The van der Waals surface area contributed by atoms with Gasteiger partial charge in [0.15, 0.2) is 0 Å². The van der Waals surface area contributed by atoms with E-state index in [1.165, 1.54) is 25.9 Å². The van der Waals surface area contributed by atoms with Gasteiger partial charge in [-0.3, -0.25) is 14.7 Å². The molecule has 0 saturated carbocycles. The number of aromatic nitrogens is 2. The minimum absolute atomic E-state index is 0.0981. The Kier molecular flexibility index (Phi) is 4.57. The average Bonchev–Trinajstić information content (AvgIpc) is 3.36. The number of amides is 1. The van der Waals surface area contributed by atoms with E-state index in [1.54, 1.807) is 0 Å². The van der Waals surface area contributed by atoms with Gasteiger partial charge in [-0.15, -0.1) is 0 Å². The molecule has 2 aliphatic rings. The third-order valence-corrected chi connectivity index (χ3v) is 5.43. The third-order valence-electron chi connectivity index (χ3n) is 5.43. The van der Waals surface area contributed by atoms with E-state index in [9.17, 15) is 4.79 Å². The van der Waals surface area contributed by atoms with Gasteiger partial charge in [0.25, 0.3) is 5.91 Å². The molecule has 1 atom stereocenters. The summed E-state index contributed by atoms with van der Waals surface area (Å²) in [5.41, 5.74) is 2.91. The largest absolute Gasteiger partial charge is 0.347 e. The van der Waals surface area contributed by atoms with E-state index in [4.69, 9.17) is 4.98 Å². The maximum Gasteiger partial charge on any atom is 0.271 e. The summed E-state index contributed by atoms with van der Waals surface area (Å²) in [6.07, 6.45) is 6.55. The zero-order valence-electron chi connectivity index (χ0n) is 14.9. The van der Waals surface area contributed by atoms with Crippen molar-refractivity contribution < 1.29 is 4.79 Å². The van der Waals surface area contributed by atoms with Crippen LogP contribution in [0.3, 0.4) is 0 Å². The Morgan fingerprint density at radius 1 is 1.12 bits per heavy atom. The summed E-state index contributed by atoms with van der Waals surface area (Å²) in [7, 11) is 1.92. The quantitative estimate of drug-likeness (QED) is 0.860. The number of likely N-dealkylation sites (tertiary alicyclic amines) is 2. The highest BCUT2D eigenvalue weighted by atomic mass is 16.2. The number of nitrogens with zero attached hydrogens (tertiary/aromatic N) is 4. The molecule has 0 aromatic carbocycles. The zero-order valence-corrected chi connectivity index (χ0v) is 14.9. The molecule has 0 aliphatic carbocycles. The molecule has 0 spiro atoms. The molecular formula is C20H26N4O. The van der Waals surface area contributed by atoms with E-state index in [1.807, 2.05) is 34.8 Å². The standard InChI is InChI=1S/C20H26N4O/c1-22-11-5-10-19(22)20(25)24-14-6-9-18(24)17-8-4-7-16(21-17)15-23-12-2-3-13-23/h4-5,7-8,10-11,18H,2-3,6,9,12-15H2,1H3/t18-/m1/s1. The number of hydrogen-bond acceptors (Lipinski definition) is 3. The van der Waals surface area contributed by atoms with Crippen LogP contribution < -0.4 is 0 Å². The van der Waals surface area contributed by atoms with Gasteiger partial charge in [0, 0.05) is 26.3 Å². The SMILES string of the molecule is Cn1cccc1C(=O)N1CCC[C@@H]1c1cccc(CN2CCCC2)n1. The van der Waals surface area contributed by atoms with Crippen LogP contribution in [-0.2, 0) is 13.6 Å². The van der Waals surface area contributed by atoms with Crippen LogP contribution in [0.15, 0.2) is 36.5 Å². The van der Waals surface area contributed by atoms with Gasteiger partial charge in [0.1, 0.15) is 5.69 Å².